The SMILES string of the molecule is COc1cc(CC2(C)C(=O)N(CCc3ccccc3)c3ccc(C)cc32)cc(OC)c1. The highest BCUT2D eigenvalue weighted by atomic mass is 16.5. The van der Waals surface area contributed by atoms with Gasteiger partial charge >= 0.3 is 0 Å². The van der Waals surface area contributed by atoms with E-state index in [1.54, 1.807) is 14.2 Å². The van der Waals surface area contributed by atoms with E-state index in [1.165, 1.54) is 5.56 Å². The van der Waals surface area contributed by atoms with Gasteiger partial charge in [-0.2, -0.15) is 0 Å². The minimum Gasteiger partial charge on any atom is -0.497 e. The second-order valence-corrected chi connectivity index (χ2v) is 8.44. The van der Waals surface area contributed by atoms with Gasteiger partial charge in [0.25, 0.3) is 0 Å². The van der Waals surface area contributed by atoms with E-state index in [2.05, 4.69) is 44.2 Å². The van der Waals surface area contributed by atoms with Gasteiger partial charge in [-0.15, -0.1) is 0 Å². The van der Waals surface area contributed by atoms with Crippen molar-refractivity contribution in [2.45, 2.75) is 32.1 Å². The zero-order valence-corrected chi connectivity index (χ0v) is 18.6. The Bertz CT molecular complexity index is 1070. The third kappa shape index (κ3) is 4.02. The monoisotopic (exact) mass is 415 g/mol. The summed E-state index contributed by atoms with van der Waals surface area (Å²) in [4.78, 5) is 15.8. The number of ether oxygens (including phenoxy) is 2. The Labute approximate surface area is 184 Å². The highest BCUT2D eigenvalue weighted by Crippen LogP contribution is 2.45. The molecule has 4 heteroatoms. The van der Waals surface area contributed by atoms with Crippen LogP contribution in [0.2, 0.25) is 0 Å². The zero-order chi connectivity index (χ0) is 22.0. The van der Waals surface area contributed by atoms with Gasteiger partial charge in [0, 0.05) is 18.3 Å². The zero-order valence-electron chi connectivity index (χ0n) is 18.6. The minimum absolute atomic E-state index is 0.144. The molecule has 0 N–H and O–H groups in total. The molecule has 4 rings (SSSR count). The van der Waals surface area contributed by atoms with Crippen LogP contribution in [0.5, 0.6) is 11.5 Å². The first kappa shape index (κ1) is 21.0. The average molecular weight is 416 g/mol. The van der Waals surface area contributed by atoms with Gasteiger partial charge in [-0.3, -0.25) is 4.79 Å². The number of methoxy groups -OCH3 is 2. The van der Waals surface area contributed by atoms with Gasteiger partial charge in [-0.05, 0) is 61.6 Å². The molecule has 1 unspecified atom stereocenters. The maximum Gasteiger partial charge on any atom is 0.237 e. The lowest BCUT2D eigenvalue weighted by Crippen LogP contribution is -2.40. The number of carbonyl (C=O) groups excluding carboxylic acids is 1. The molecule has 1 aliphatic rings. The van der Waals surface area contributed by atoms with E-state index < -0.39 is 5.41 Å². The Kier molecular flexibility index (Phi) is 5.73. The molecule has 0 aromatic heterocycles. The van der Waals surface area contributed by atoms with Crippen molar-refractivity contribution < 1.29 is 14.3 Å². The third-order valence-electron chi connectivity index (χ3n) is 6.19. The number of benzene rings is 3. The molecule has 0 spiro atoms. The molecule has 0 aliphatic carbocycles. The molecule has 0 radical (unpaired) electrons. The first-order valence-electron chi connectivity index (χ1n) is 10.6. The standard InChI is InChI=1S/C27H29NO3/c1-19-10-11-25-24(14-19)27(2,18-21-15-22(30-3)17-23(16-21)31-4)26(29)28(25)13-12-20-8-6-5-7-9-20/h5-11,14-17H,12-13,18H2,1-4H3. The van der Waals surface area contributed by atoms with E-state index in [1.807, 2.05) is 41.3 Å². The largest absolute Gasteiger partial charge is 0.497 e. The van der Waals surface area contributed by atoms with Gasteiger partial charge in [-0.1, -0.05) is 48.0 Å². The van der Waals surface area contributed by atoms with Crippen molar-refractivity contribution in [1.29, 1.82) is 0 Å². The summed E-state index contributed by atoms with van der Waals surface area (Å²) < 4.78 is 10.9. The van der Waals surface area contributed by atoms with E-state index in [9.17, 15) is 4.79 Å². The summed E-state index contributed by atoms with van der Waals surface area (Å²) in [5.74, 6) is 1.61. The summed E-state index contributed by atoms with van der Waals surface area (Å²) in [7, 11) is 3.29. The maximum atomic E-state index is 13.8. The number of nitrogens with zero attached hydrogens (tertiary/aromatic N) is 1. The van der Waals surface area contributed by atoms with Gasteiger partial charge < -0.3 is 14.4 Å². The van der Waals surface area contributed by atoms with E-state index >= 15 is 0 Å². The maximum absolute atomic E-state index is 13.8. The summed E-state index contributed by atoms with van der Waals surface area (Å²) in [5, 5.41) is 0. The first-order chi connectivity index (χ1) is 14.9. The second kappa shape index (κ2) is 8.46. The molecule has 3 aromatic carbocycles. The number of anilines is 1. The third-order valence-corrected chi connectivity index (χ3v) is 6.19. The van der Waals surface area contributed by atoms with Crippen LogP contribution in [0, 0.1) is 6.92 Å². The van der Waals surface area contributed by atoms with Crippen LogP contribution in [0.3, 0.4) is 0 Å². The van der Waals surface area contributed by atoms with Crippen LogP contribution in [0.4, 0.5) is 5.69 Å². The fourth-order valence-electron chi connectivity index (χ4n) is 4.50. The predicted octanol–water partition coefficient (Wildman–Crippen LogP) is 5.10. The number of fused-ring (bicyclic) bond motifs is 1. The van der Waals surface area contributed by atoms with Gasteiger partial charge in [0.05, 0.1) is 19.6 Å². The van der Waals surface area contributed by atoms with Crippen LogP contribution < -0.4 is 14.4 Å². The molecule has 160 valence electrons. The van der Waals surface area contributed by atoms with Gasteiger partial charge in [0.15, 0.2) is 0 Å². The van der Waals surface area contributed by atoms with Crippen molar-refractivity contribution in [1.82, 2.24) is 0 Å². The first-order valence-corrected chi connectivity index (χ1v) is 10.6. The van der Waals surface area contributed by atoms with Crippen LogP contribution in [0.25, 0.3) is 0 Å². The molecule has 0 fully saturated rings. The van der Waals surface area contributed by atoms with E-state index in [-0.39, 0.29) is 5.91 Å². The van der Waals surface area contributed by atoms with Gasteiger partial charge in [-0.25, -0.2) is 0 Å². The van der Waals surface area contributed by atoms with Crippen molar-refractivity contribution in [2.24, 2.45) is 0 Å². The quantitative estimate of drug-likeness (QED) is 0.539. The summed E-state index contributed by atoms with van der Waals surface area (Å²) in [6.45, 7) is 4.80. The fraction of sp³-hybridized carbons (Fsp3) is 0.296. The summed E-state index contributed by atoms with van der Waals surface area (Å²) in [6, 6.07) is 22.5. The summed E-state index contributed by atoms with van der Waals surface area (Å²) in [6.07, 6.45) is 1.40. The van der Waals surface area contributed by atoms with Gasteiger partial charge in [0.2, 0.25) is 5.91 Å². The van der Waals surface area contributed by atoms with Crippen LogP contribution in [0.15, 0.2) is 66.7 Å². The number of hydrogen-bond donors (Lipinski definition) is 0. The summed E-state index contributed by atoms with van der Waals surface area (Å²) >= 11 is 0. The topological polar surface area (TPSA) is 38.8 Å². The smallest absolute Gasteiger partial charge is 0.237 e. The molecular formula is C27H29NO3. The number of aryl methyl sites for hydroxylation is 1. The second-order valence-electron chi connectivity index (χ2n) is 8.44. The molecule has 31 heavy (non-hydrogen) atoms. The van der Waals surface area contributed by atoms with E-state index in [0.29, 0.717) is 13.0 Å². The Morgan fingerprint density at radius 2 is 1.55 bits per heavy atom. The molecule has 0 saturated heterocycles. The van der Waals surface area contributed by atoms with Crippen LogP contribution in [0.1, 0.15) is 29.2 Å². The molecule has 1 atom stereocenters. The number of carbonyl (C=O) groups is 1. The van der Waals surface area contributed by atoms with E-state index in [4.69, 9.17) is 9.47 Å². The van der Waals surface area contributed by atoms with Crippen molar-refractivity contribution in [3.8, 4) is 11.5 Å². The molecule has 4 nitrogen and oxygen atoms in total. The molecule has 0 bridgehead atoms. The lowest BCUT2D eigenvalue weighted by Gasteiger charge is -2.25. The summed E-state index contributed by atoms with van der Waals surface area (Å²) in [5.41, 5.74) is 4.87. The molecule has 3 aromatic rings. The van der Waals surface area contributed by atoms with Crippen molar-refractivity contribution >= 4 is 11.6 Å². The fourth-order valence-corrected chi connectivity index (χ4v) is 4.50. The predicted molar refractivity (Wildman–Crippen MR) is 124 cm³/mol. The molecule has 0 saturated carbocycles. The Hall–Kier alpha value is -3.27. The number of amides is 1. The Morgan fingerprint density at radius 3 is 2.19 bits per heavy atom. The lowest BCUT2D eigenvalue weighted by molar-refractivity contribution is -0.122. The van der Waals surface area contributed by atoms with Crippen molar-refractivity contribution in [2.75, 3.05) is 25.7 Å². The molecule has 1 heterocycles. The highest BCUT2D eigenvalue weighted by molar-refractivity contribution is 6.08. The van der Waals surface area contributed by atoms with Gasteiger partial charge in [0.1, 0.15) is 11.5 Å². The van der Waals surface area contributed by atoms with Crippen LogP contribution in [-0.2, 0) is 23.1 Å². The molecular weight excluding hydrogens is 386 g/mol. The lowest BCUT2D eigenvalue weighted by atomic mass is 9.78. The normalized spacial score (nSPS) is 17.5. The number of rotatable bonds is 7. The minimum atomic E-state index is -0.643. The van der Waals surface area contributed by atoms with Crippen molar-refractivity contribution in [3.05, 3.63) is 89.0 Å². The highest BCUT2D eigenvalue weighted by Gasteiger charge is 2.47. The van der Waals surface area contributed by atoms with Crippen LogP contribution >= 0.6 is 0 Å². The van der Waals surface area contributed by atoms with Crippen molar-refractivity contribution in [3.63, 3.8) is 0 Å². The Morgan fingerprint density at radius 1 is 0.871 bits per heavy atom. The molecule has 1 amide bonds. The Balaban J connectivity index is 1.69. The van der Waals surface area contributed by atoms with E-state index in [0.717, 1.165) is 40.3 Å². The van der Waals surface area contributed by atoms with Crippen LogP contribution in [-0.4, -0.2) is 26.7 Å². The average Bonchev–Trinajstić information content (AvgIpc) is 2.98. The molecule has 1 aliphatic heterocycles. The number of hydrogen-bond acceptors (Lipinski definition) is 3.